The van der Waals surface area contributed by atoms with Crippen molar-refractivity contribution in [2.75, 3.05) is 18.6 Å². The van der Waals surface area contributed by atoms with E-state index in [0.29, 0.717) is 23.8 Å². The van der Waals surface area contributed by atoms with Crippen molar-refractivity contribution in [2.45, 2.75) is 37.3 Å². The average Bonchev–Trinajstić information content (AvgIpc) is 3.50. The van der Waals surface area contributed by atoms with Gasteiger partial charge in [0.15, 0.2) is 12.4 Å². The van der Waals surface area contributed by atoms with Crippen LogP contribution in [-0.4, -0.2) is 27.6 Å². The lowest BCUT2D eigenvalue weighted by atomic mass is 10.0. The fourth-order valence-corrected chi connectivity index (χ4v) is 4.25. The Kier molecular flexibility index (Phi) is 4.41. The van der Waals surface area contributed by atoms with Crippen molar-refractivity contribution < 1.29 is 17.9 Å². The Labute approximate surface area is 180 Å². The molecule has 10 heteroatoms. The van der Waals surface area contributed by atoms with Crippen molar-refractivity contribution in [3.05, 3.63) is 62.3 Å². The van der Waals surface area contributed by atoms with Crippen LogP contribution in [0.25, 0.3) is 10.8 Å². The zero-order chi connectivity index (χ0) is 22.8. The van der Waals surface area contributed by atoms with E-state index in [1.807, 2.05) is 0 Å². The Morgan fingerprint density at radius 1 is 1.25 bits per heavy atom. The molecule has 1 N–H and O–H groups in total. The van der Waals surface area contributed by atoms with Gasteiger partial charge in [-0.15, -0.1) is 0 Å². The molecule has 0 saturated heterocycles. The summed E-state index contributed by atoms with van der Waals surface area (Å²) >= 11 is 0. The number of benzene rings is 1. The number of para-hydroxylation sites is 1. The van der Waals surface area contributed by atoms with Gasteiger partial charge in [-0.25, -0.2) is 9.07 Å². The Morgan fingerprint density at radius 3 is 2.69 bits per heavy atom. The van der Waals surface area contributed by atoms with E-state index < -0.39 is 41.9 Å². The minimum absolute atomic E-state index is 0.123. The molecule has 32 heavy (non-hydrogen) atoms. The third-order valence-electron chi connectivity index (χ3n) is 6.33. The summed E-state index contributed by atoms with van der Waals surface area (Å²) in [6.45, 7) is 0.357. The standard InChI is InChI=1S/C22H21F3N4O3/c1-12(13-4-3-5-16-18(13)32-11-22(16,24)25)26-19-15-9-29(21(10-23)6-7-21)17(30)8-14(15)20(31)28(2)27-19/h3-5,8-9,12H,6-7,10-11H2,1-2H3,(H,26,27)/t12-/m1/s1. The third kappa shape index (κ3) is 3.00. The Balaban J connectivity index is 1.62. The molecule has 3 aromatic rings. The fraction of sp³-hybridized carbons (Fsp3) is 0.409. The summed E-state index contributed by atoms with van der Waals surface area (Å²) in [6, 6.07) is 5.25. The number of nitrogens with zero attached hydrogens (tertiary/aromatic N) is 3. The highest BCUT2D eigenvalue weighted by atomic mass is 19.3. The van der Waals surface area contributed by atoms with E-state index >= 15 is 0 Å². The van der Waals surface area contributed by atoms with Gasteiger partial charge >= 0.3 is 5.92 Å². The quantitative estimate of drug-likeness (QED) is 0.651. The molecule has 168 valence electrons. The number of fused-ring (bicyclic) bond motifs is 2. The minimum atomic E-state index is -3.06. The van der Waals surface area contributed by atoms with Crippen molar-refractivity contribution in [1.29, 1.82) is 0 Å². The van der Waals surface area contributed by atoms with Gasteiger partial charge in [-0.1, -0.05) is 12.1 Å². The van der Waals surface area contributed by atoms with Gasteiger partial charge in [0.1, 0.15) is 12.4 Å². The number of aryl methyl sites for hydroxylation is 1. The lowest BCUT2D eigenvalue weighted by molar-refractivity contribution is -0.0214. The first kappa shape index (κ1) is 20.6. The van der Waals surface area contributed by atoms with Crippen LogP contribution in [0, 0.1) is 0 Å². The van der Waals surface area contributed by atoms with Gasteiger partial charge < -0.3 is 14.6 Å². The second kappa shape index (κ2) is 6.85. The number of anilines is 1. The van der Waals surface area contributed by atoms with Crippen LogP contribution < -0.4 is 21.2 Å². The summed E-state index contributed by atoms with van der Waals surface area (Å²) in [5, 5.41) is 7.95. The van der Waals surface area contributed by atoms with Crippen LogP contribution in [0.1, 0.15) is 36.9 Å². The molecule has 0 bridgehead atoms. The highest BCUT2D eigenvalue weighted by Crippen LogP contribution is 2.45. The zero-order valence-electron chi connectivity index (χ0n) is 17.5. The molecule has 1 atom stereocenters. The highest BCUT2D eigenvalue weighted by molar-refractivity contribution is 5.90. The van der Waals surface area contributed by atoms with E-state index in [1.54, 1.807) is 13.0 Å². The van der Waals surface area contributed by atoms with E-state index in [1.165, 1.54) is 36.0 Å². The van der Waals surface area contributed by atoms with Crippen LogP contribution in [0.2, 0.25) is 0 Å². The predicted molar refractivity (Wildman–Crippen MR) is 112 cm³/mol. The van der Waals surface area contributed by atoms with Gasteiger partial charge in [-0.05, 0) is 25.8 Å². The van der Waals surface area contributed by atoms with Crippen LogP contribution in [0.15, 0.2) is 40.1 Å². The molecule has 1 aliphatic carbocycles. The smallest absolute Gasteiger partial charge is 0.310 e. The second-order valence-electron chi connectivity index (χ2n) is 8.53. The van der Waals surface area contributed by atoms with Crippen molar-refractivity contribution >= 4 is 16.6 Å². The van der Waals surface area contributed by atoms with E-state index in [2.05, 4.69) is 10.4 Å². The maximum absolute atomic E-state index is 14.1. The first-order chi connectivity index (χ1) is 15.2. The number of alkyl halides is 3. The first-order valence-corrected chi connectivity index (χ1v) is 10.3. The number of aromatic nitrogens is 3. The zero-order valence-corrected chi connectivity index (χ0v) is 17.5. The lowest BCUT2D eigenvalue weighted by Gasteiger charge is -2.20. The molecule has 0 unspecified atom stereocenters. The third-order valence-corrected chi connectivity index (χ3v) is 6.33. The van der Waals surface area contributed by atoms with Gasteiger partial charge in [0.05, 0.1) is 22.5 Å². The highest BCUT2D eigenvalue weighted by Gasteiger charge is 2.46. The summed E-state index contributed by atoms with van der Waals surface area (Å²) in [5.74, 6) is -2.66. The molecule has 0 amide bonds. The molecule has 3 heterocycles. The normalized spacial score (nSPS) is 18.8. The molecular weight excluding hydrogens is 425 g/mol. The molecule has 2 aromatic heterocycles. The van der Waals surface area contributed by atoms with Crippen molar-refractivity contribution in [1.82, 2.24) is 14.3 Å². The molecule has 2 aliphatic rings. The maximum atomic E-state index is 14.1. The fourth-order valence-electron chi connectivity index (χ4n) is 4.25. The lowest BCUT2D eigenvalue weighted by Crippen LogP contribution is -2.33. The van der Waals surface area contributed by atoms with Gasteiger partial charge in [-0.2, -0.15) is 13.9 Å². The first-order valence-electron chi connectivity index (χ1n) is 10.3. The predicted octanol–water partition coefficient (Wildman–Crippen LogP) is 3.21. The summed E-state index contributed by atoms with van der Waals surface area (Å²) in [4.78, 5) is 25.2. The largest absolute Gasteiger partial charge is 0.486 e. The Bertz CT molecular complexity index is 1360. The van der Waals surface area contributed by atoms with Crippen LogP contribution in [0.4, 0.5) is 19.0 Å². The van der Waals surface area contributed by atoms with E-state index in [4.69, 9.17) is 4.74 Å². The van der Waals surface area contributed by atoms with Crippen LogP contribution in [-0.2, 0) is 18.5 Å². The van der Waals surface area contributed by atoms with Gasteiger partial charge in [0.25, 0.3) is 11.1 Å². The van der Waals surface area contributed by atoms with E-state index in [0.717, 1.165) is 4.68 Å². The number of pyridine rings is 1. The van der Waals surface area contributed by atoms with E-state index in [-0.39, 0.29) is 22.5 Å². The number of nitrogens with one attached hydrogen (secondary N) is 1. The summed E-state index contributed by atoms with van der Waals surface area (Å²) in [6.07, 6.45) is 2.54. The van der Waals surface area contributed by atoms with Gasteiger partial charge in [0, 0.05) is 30.3 Å². The minimum Gasteiger partial charge on any atom is -0.486 e. The van der Waals surface area contributed by atoms with Gasteiger partial charge in [-0.3, -0.25) is 9.59 Å². The van der Waals surface area contributed by atoms with Crippen molar-refractivity contribution in [2.24, 2.45) is 7.05 Å². The molecule has 1 fully saturated rings. The number of rotatable bonds is 5. The van der Waals surface area contributed by atoms with Crippen LogP contribution in [0.3, 0.4) is 0 Å². The molecule has 1 saturated carbocycles. The van der Waals surface area contributed by atoms with Crippen molar-refractivity contribution in [3.8, 4) is 5.75 Å². The summed E-state index contributed by atoms with van der Waals surface area (Å²) in [7, 11) is 1.46. The maximum Gasteiger partial charge on any atom is 0.310 e. The number of hydrogen-bond donors (Lipinski definition) is 1. The van der Waals surface area contributed by atoms with E-state index in [9.17, 15) is 22.8 Å². The molecular formula is C22H21F3N4O3. The summed E-state index contributed by atoms with van der Waals surface area (Å²) < 4.78 is 49.5. The molecule has 1 aromatic carbocycles. The SMILES string of the molecule is C[C@@H](Nc1nn(C)c(=O)c2cc(=O)n(C3(CF)CC3)cc12)c1cccc2c1OCC2(F)F. The van der Waals surface area contributed by atoms with Crippen LogP contribution >= 0.6 is 0 Å². The topological polar surface area (TPSA) is 78.2 Å². The summed E-state index contributed by atoms with van der Waals surface area (Å²) in [5.41, 5.74) is -1.45. The second-order valence-corrected chi connectivity index (χ2v) is 8.53. The molecule has 0 radical (unpaired) electrons. The number of halogens is 3. The Morgan fingerprint density at radius 2 is 2.00 bits per heavy atom. The molecule has 5 rings (SSSR count). The average molecular weight is 446 g/mol. The number of hydrogen-bond acceptors (Lipinski definition) is 5. The molecule has 7 nitrogen and oxygen atoms in total. The van der Waals surface area contributed by atoms with Crippen LogP contribution in [0.5, 0.6) is 5.75 Å². The monoisotopic (exact) mass is 446 g/mol. The Hall–Kier alpha value is -3.30. The molecule has 1 aliphatic heterocycles. The van der Waals surface area contributed by atoms with Gasteiger partial charge in [0.2, 0.25) is 0 Å². The van der Waals surface area contributed by atoms with Crippen molar-refractivity contribution in [3.63, 3.8) is 0 Å². The molecule has 0 spiro atoms. The number of ether oxygens (including phenoxy) is 1.